The molecule has 0 aromatic carbocycles. The van der Waals surface area contributed by atoms with Crippen molar-refractivity contribution >= 4 is 11.6 Å². The maximum absolute atomic E-state index is 5.65. The summed E-state index contributed by atoms with van der Waals surface area (Å²) in [5.74, 6) is 0. The second-order valence-corrected chi connectivity index (χ2v) is 2.86. The Hall–Kier alpha value is -1.28. The maximum Gasteiger partial charge on any atom is 0.129 e. The Morgan fingerprint density at radius 3 is 2.67 bits per heavy atom. The van der Waals surface area contributed by atoms with Crippen molar-refractivity contribution in [3.63, 3.8) is 0 Å². The minimum atomic E-state index is 0.522. The van der Waals surface area contributed by atoms with Crippen molar-refractivity contribution < 1.29 is 0 Å². The lowest BCUT2D eigenvalue weighted by atomic mass is 10.2. The number of H-pyrrole nitrogens is 1. The van der Waals surface area contributed by atoms with Gasteiger partial charge in [0.05, 0.1) is 0 Å². The summed E-state index contributed by atoms with van der Waals surface area (Å²) < 4.78 is 0. The number of hydrogen-bond donors (Lipinski definition) is 1. The number of aromatic nitrogens is 2. The van der Waals surface area contributed by atoms with Gasteiger partial charge in [-0.1, -0.05) is 11.6 Å². The molecule has 0 amide bonds. The quantitative estimate of drug-likeness (QED) is 0.669. The molecule has 2 nitrogen and oxygen atoms in total. The fraction of sp³-hybridized carbons (Fsp3) is 0. The summed E-state index contributed by atoms with van der Waals surface area (Å²) >= 11 is 5.65. The molecule has 0 radical (unpaired) electrons. The van der Waals surface area contributed by atoms with E-state index < -0.39 is 0 Å². The molecule has 0 bridgehead atoms. The summed E-state index contributed by atoms with van der Waals surface area (Å²) in [6.45, 7) is 0. The number of nitrogens with zero attached hydrogens (tertiary/aromatic N) is 1. The largest absolute Gasteiger partial charge is 0.367 e. The standard InChI is InChI=1S/C9H7ClN2/c10-9-2-1-7(6-12-9)8-3-4-11-5-8/h1-6,11H. The van der Waals surface area contributed by atoms with Crippen LogP contribution in [0, 0.1) is 0 Å². The average Bonchev–Trinajstić information content (AvgIpc) is 2.58. The van der Waals surface area contributed by atoms with Crippen LogP contribution in [0.5, 0.6) is 0 Å². The number of pyridine rings is 1. The first-order chi connectivity index (χ1) is 5.86. The van der Waals surface area contributed by atoms with Crippen molar-refractivity contribution in [1.82, 2.24) is 9.97 Å². The van der Waals surface area contributed by atoms with E-state index in [1.54, 1.807) is 12.3 Å². The number of hydrogen-bond acceptors (Lipinski definition) is 1. The molecule has 3 heteroatoms. The van der Waals surface area contributed by atoms with Gasteiger partial charge >= 0.3 is 0 Å². The van der Waals surface area contributed by atoms with Crippen LogP contribution in [0.15, 0.2) is 36.8 Å². The van der Waals surface area contributed by atoms with Crippen LogP contribution in [-0.4, -0.2) is 9.97 Å². The van der Waals surface area contributed by atoms with Crippen molar-refractivity contribution in [1.29, 1.82) is 0 Å². The van der Waals surface area contributed by atoms with Gasteiger partial charge in [0.25, 0.3) is 0 Å². The molecule has 0 saturated carbocycles. The van der Waals surface area contributed by atoms with E-state index in [1.165, 1.54) is 0 Å². The summed E-state index contributed by atoms with van der Waals surface area (Å²) in [6, 6.07) is 5.72. The van der Waals surface area contributed by atoms with E-state index in [0.29, 0.717) is 5.15 Å². The number of aromatic amines is 1. The molecular weight excluding hydrogens is 172 g/mol. The smallest absolute Gasteiger partial charge is 0.129 e. The summed E-state index contributed by atoms with van der Waals surface area (Å²) in [7, 11) is 0. The minimum Gasteiger partial charge on any atom is -0.367 e. The first kappa shape index (κ1) is 7.37. The average molecular weight is 179 g/mol. The fourth-order valence-electron chi connectivity index (χ4n) is 1.05. The summed E-state index contributed by atoms with van der Waals surface area (Å²) in [5.41, 5.74) is 2.19. The molecule has 0 aliphatic rings. The van der Waals surface area contributed by atoms with Crippen LogP contribution in [0.25, 0.3) is 11.1 Å². The highest BCUT2D eigenvalue weighted by molar-refractivity contribution is 6.29. The third kappa shape index (κ3) is 1.34. The highest BCUT2D eigenvalue weighted by Crippen LogP contribution is 2.18. The molecule has 0 atom stereocenters. The Balaban J connectivity index is 2.43. The molecule has 1 N–H and O–H groups in total. The Kier molecular flexibility index (Phi) is 1.84. The van der Waals surface area contributed by atoms with Crippen LogP contribution >= 0.6 is 11.6 Å². The lowest BCUT2D eigenvalue weighted by molar-refractivity contribution is 1.33. The zero-order chi connectivity index (χ0) is 8.39. The zero-order valence-corrected chi connectivity index (χ0v) is 7.05. The van der Waals surface area contributed by atoms with E-state index in [1.807, 2.05) is 24.5 Å². The number of halogens is 1. The second-order valence-electron chi connectivity index (χ2n) is 2.47. The Morgan fingerprint density at radius 2 is 2.08 bits per heavy atom. The SMILES string of the molecule is Clc1ccc(-c2cc[nH]c2)cn1. The van der Waals surface area contributed by atoms with Gasteiger partial charge in [-0.3, -0.25) is 0 Å². The maximum atomic E-state index is 5.65. The number of nitrogens with one attached hydrogen (secondary N) is 1. The third-order valence-electron chi connectivity index (χ3n) is 1.66. The van der Waals surface area contributed by atoms with E-state index in [9.17, 15) is 0 Å². The highest BCUT2D eigenvalue weighted by atomic mass is 35.5. The van der Waals surface area contributed by atoms with E-state index in [4.69, 9.17) is 11.6 Å². The van der Waals surface area contributed by atoms with E-state index in [-0.39, 0.29) is 0 Å². The summed E-state index contributed by atoms with van der Waals surface area (Å²) in [5, 5.41) is 0.522. The second kappa shape index (κ2) is 2.99. The fourth-order valence-corrected chi connectivity index (χ4v) is 1.16. The van der Waals surface area contributed by atoms with Gasteiger partial charge in [-0.2, -0.15) is 0 Å². The third-order valence-corrected chi connectivity index (χ3v) is 1.88. The topological polar surface area (TPSA) is 28.7 Å². The van der Waals surface area contributed by atoms with Crippen molar-refractivity contribution in [3.8, 4) is 11.1 Å². The lowest BCUT2D eigenvalue weighted by Gasteiger charge is -1.95. The van der Waals surface area contributed by atoms with Crippen LogP contribution in [0.4, 0.5) is 0 Å². The van der Waals surface area contributed by atoms with Crippen molar-refractivity contribution in [2.24, 2.45) is 0 Å². The Labute approximate surface area is 75.2 Å². The molecule has 0 spiro atoms. The normalized spacial score (nSPS) is 10.1. The monoisotopic (exact) mass is 178 g/mol. The van der Waals surface area contributed by atoms with Gasteiger partial charge in [-0.15, -0.1) is 0 Å². The molecule has 60 valence electrons. The van der Waals surface area contributed by atoms with Crippen molar-refractivity contribution in [3.05, 3.63) is 41.9 Å². The van der Waals surface area contributed by atoms with Crippen molar-refractivity contribution in [2.75, 3.05) is 0 Å². The highest BCUT2D eigenvalue weighted by Gasteiger charge is 1.96. The van der Waals surface area contributed by atoms with Crippen LogP contribution in [0.2, 0.25) is 5.15 Å². The van der Waals surface area contributed by atoms with Crippen LogP contribution in [-0.2, 0) is 0 Å². The molecule has 0 aliphatic carbocycles. The summed E-state index contributed by atoms with van der Waals surface area (Å²) in [6.07, 6.45) is 5.56. The lowest BCUT2D eigenvalue weighted by Crippen LogP contribution is -1.76. The predicted octanol–water partition coefficient (Wildman–Crippen LogP) is 2.73. The van der Waals surface area contributed by atoms with Gasteiger partial charge in [-0.05, 0) is 18.2 Å². The van der Waals surface area contributed by atoms with E-state index in [0.717, 1.165) is 11.1 Å². The van der Waals surface area contributed by atoms with Gasteiger partial charge in [0.1, 0.15) is 5.15 Å². The molecule has 0 unspecified atom stereocenters. The van der Waals surface area contributed by atoms with E-state index >= 15 is 0 Å². The van der Waals surface area contributed by atoms with Gasteiger partial charge in [-0.25, -0.2) is 4.98 Å². The molecule has 2 heterocycles. The predicted molar refractivity (Wildman–Crippen MR) is 49.0 cm³/mol. The molecule has 12 heavy (non-hydrogen) atoms. The Morgan fingerprint density at radius 1 is 1.17 bits per heavy atom. The van der Waals surface area contributed by atoms with Crippen molar-refractivity contribution in [2.45, 2.75) is 0 Å². The van der Waals surface area contributed by atoms with Gasteiger partial charge in [0.2, 0.25) is 0 Å². The Bertz CT molecular complexity index is 351. The first-order valence-corrected chi connectivity index (χ1v) is 3.99. The minimum absolute atomic E-state index is 0.522. The van der Waals surface area contributed by atoms with E-state index in [2.05, 4.69) is 9.97 Å². The van der Waals surface area contributed by atoms with Crippen LogP contribution in [0.1, 0.15) is 0 Å². The molecule has 0 fully saturated rings. The zero-order valence-electron chi connectivity index (χ0n) is 6.29. The molecule has 0 saturated heterocycles. The first-order valence-electron chi connectivity index (χ1n) is 3.61. The van der Waals surface area contributed by atoms with Crippen LogP contribution < -0.4 is 0 Å². The molecule has 2 rings (SSSR count). The van der Waals surface area contributed by atoms with Crippen LogP contribution in [0.3, 0.4) is 0 Å². The summed E-state index contributed by atoms with van der Waals surface area (Å²) in [4.78, 5) is 6.97. The molecule has 2 aromatic heterocycles. The van der Waals surface area contributed by atoms with Gasteiger partial charge in [0, 0.05) is 29.7 Å². The molecular formula is C9H7ClN2. The van der Waals surface area contributed by atoms with Gasteiger partial charge < -0.3 is 4.98 Å². The number of rotatable bonds is 1. The van der Waals surface area contributed by atoms with Gasteiger partial charge in [0.15, 0.2) is 0 Å². The molecule has 2 aromatic rings. The molecule has 0 aliphatic heterocycles.